The fourth-order valence-electron chi connectivity index (χ4n) is 1.93. The van der Waals surface area contributed by atoms with Crippen LogP contribution in [0, 0.1) is 17.0 Å². The monoisotopic (exact) mass is 344 g/mol. The minimum Gasteiger partial charge on any atom is -0.459 e. The maximum Gasteiger partial charge on any atom is 0.307 e. The Morgan fingerprint density at radius 1 is 1.32 bits per heavy atom. The Morgan fingerprint density at radius 2 is 2.08 bits per heavy atom. The van der Waals surface area contributed by atoms with E-state index < -0.39 is 16.7 Å². The third-order valence-corrected chi connectivity index (χ3v) is 3.22. The van der Waals surface area contributed by atoms with Gasteiger partial charge >= 0.3 is 5.91 Å². The zero-order valence-electron chi connectivity index (χ0n) is 13.6. The molecule has 2 N–H and O–H groups in total. The van der Waals surface area contributed by atoms with Gasteiger partial charge in [0.2, 0.25) is 5.91 Å². The molecule has 9 heteroatoms. The van der Waals surface area contributed by atoms with Crippen LogP contribution in [0.4, 0.5) is 11.4 Å². The van der Waals surface area contributed by atoms with Crippen molar-refractivity contribution in [1.29, 1.82) is 0 Å². The van der Waals surface area contributed by atoms with Crippen molar-refractivity contribution in [2.24, 2.45) is 5.10 Å². The van der Waals surface area contributed by atoms with Gasteiger partial charge in [0.25, 0.3) is 5.69 Å². The lowest BCUT2D eigenvalue weighted by atomic mass is 10.1. The van der Waals surface area contributed by atoms with Gasteiger partial charge in [-0.05, 0) is 31.5 Å². The van der Waals surface area contributed by atoms with E-state index in [0.29, 0.717) is 17.0 Å². The second kappa shape index (κ2) is 7.86. The fourth-order valence-corrected chi connectivity index (χ4v) is 1.93. The van der Waals surface area contributed by atoms with Gasteiger partial charge < -0.3 is 9.73 Å². The highest BCUT2D eigenvalue weighted by Gasteiger charge is 2.12. The number of non-ortho nitro benzene ring substituents is 1. The summed E-state index contributed by atoms with van der Waals surface area (Å²) in [7, 11) is 0. The second-order valence-electron chi connectivity index (χ2n) is 5.25. The standard InChI is InChI=1S/C16H16N4O5/c1-10-5-6-12(20(23)24)9-13(10)17-15(21)8-11(2)18-19-16(22)14-4-3-7-25-14/h3-7,9H,8H2,1-2H3,(H,17,21)(H,19,22)/b18-11-. The lowest BCUT2D eigenvalue weighted by molar-refractivity contribution is -0.384. The topological polar surface area (TPSA) is 127 Å². The number of carbonyl (C=O) groups excluding carboxylic acids is 2. The molecule has 2 amide bonds. The number of hydrazone groups is 1. The smallest absolute Gasteiger partial charge is 0.307 e. The summed E-state index contributed by atoms with van der Waals surface area (Å²) in [5, 5.41) is 17.2. The largest absolute Gasteiger partial charge is 0.459 e. The normalized spacial score (nSPS) is 11.0. The first-order valence-corrected chi connectivity index (χ1v) is 7.28. The molecule has 9 nitrogen and oxygen atoms in total. The van der Waals surface area contributed by atoms with Crippen LogP contribution >= 0.6 is 0 Å². The van der Waals surface area contributed by atoms with Gasteiger partial charge in [0.15, 0.2) is 5.76 Å². The van der Waals surface area contributed by atoms with Gasteiger partial charge in [-0.15, -0.1) is 0 Å². The Bertz CT molecular complexity index is 827. The minimum atomic E-state index is -0.536. The number of amides is 2. The molecule has 25 heavy (non-hydrogen) atoms. The first kappa shape index (κ1) is 17.9. The van der Waals surface area contributed by atoms with E-state index in [4.69, 9.17) is 4.42 Å². The first-order valence-electron chi connectivity index (χ1n) is 7.28. The number of furan rings is 1. The van der Waals surface area contributed by atoms with Crippen LogP contribution in [0.2, 0.25) is 0 Å². The van der Waals surface area contributed by atoms with E-state index in [0.717, 1.165) is 0 Å². The van der Waals surface area contributed by atoms with Gasteiger partial charge in [-0.2, -0.15) is 5.10 Å². The van der Waals surface area contributed by atoms with Crippen molar-refractivity contribution in [2.45, 2.75) is 20.3 Å². The second-order valence-corrected chi connectivity index (χ2v) is 5.25. The predicted molar refractivity (Wildman–Crippen MR) is 90.4 cm³/mol. The number of aryl methyl sites for hydroxylation is 1. The Labute approximate surface area is 142 Å². The number of nitro benzene ring substituents is 1. The number of anilines is 1. The molecule has 0 saturated heterocycles. The molecule has 1 heterocycles. The van der Waals surface area contributed by atoms with E-state index in [2.05, 4.69) is 15.8 Å². The highest BCUT2D eigenvalue weighted by Crippen LogP contribution is 2.21. The Hall–Kier alpha value is -3.49. The quantitative estimate of drug-likeness (QED) is 0.473. The molecule has 0 bridgehead atoms. The van der Waals surface area contributed by atoms with Crippen LogP contribution in [0.15, 0.2) is 46.1 Å². The van der Waals surface area contributed by atoms with Gasteiger partial charge in [-0.3, -0.25) is 19.7 Å². The van der Waals surface area contributed by atoms with Gasteiger partial charge in [-0.25, -0.2) is 5.43 Å². The van der Waals surface area contributed by atoms with Gasteiger partial charge in [-0.1, -0.05) is 6.07 Å². The number of nitrogens with zero attached hydrogens (tertiary/aromatic N) is 2. The van der Waals surface area contributed by atoms with Crippen LogP contribution < -0.4 is 10.7 Å². The SMILES string of the molecule is C/C(CC(=O)Nc1cc([N+](=O)[O-])ccc1C)=N/NC(=O)c1ccco1. The molecule has 2 aromatic rings. The summed E-state index contributed by atoms with van der Waals surface area (Å²) in [5.41, 5.74) is 3.57. The molecule has 0 fully saturated rings. The molecule has 2 rings (SSSR count). The Kier molecular flexibility index (Phi) is 5.62. The molecule has 0 atom stereocenters. The maximum absolute atomic E-state index is 12.0. The van der Waals surface area contributed by atoms with Crippen molar-refractivity contribution >= 4 is 28.9 Å². The highest BCUT2D eigenvalue weighted by atomic mass is 16.6. The van der Waals surface area contributed by atoms with Gasteiger partial charge in [0.05, 0.1) is 23.3 Å². The summed E-state index contributed by atoms with van der Waals surface area (Å²) in [6.07, 6.45) is 1.28. The molecule has 1 aromatic carbocycles. The summed E-state index contributed by atoms with van der Waals surface area (Å²) in [6.45, 7) is 3.30. The minimum absolute atomic E-state index is 0.0828. The molecule has 0 radical (unpaired) electrons. The van der Waals surface area contributed by atoms with Crippen LogP contribution in [0.5, 0.6) is 0 Å². The molecule has 1 aromatic heterocycles. The molecule has 0 saturated carbocycles. The molecular weight excluding hydrogens is 328 g/mol. The lowest BCUT2D eigenvalue weighted by Crippen LogP contribution is -2.21. The zero-order chi connectivity index (χ0) is 18.4. The van der Waals surface area contributed by atoms with E-state index in [1.807, 2.05) is 0 Å². The van der Waals surface area contributed by atoms with Crippen molar-refractivity contribution in [1.82, 2.24) is 5.43 Å². The van der Waals surface area contributed by atoms with Crippen molar-refractivity contribution in [3.63, 3.8) is 0 Å². The number of hydrogen-bond acceptors (Lipinski definition) is 6. The van der Waals surface area contributed by atoms with Gasteiger partial charge in [0, 0.05) is 17.8 Å². The fraction of sp³-hybridized carbons (Fsp3) is 0.188. The number of carbonyl (C=O) groups is 2. The molecule has 130 valence electrons. The molecule has 0 aliphatic rings. The van der Waals surface area contributed by atoms with E-state index in [9.17, 15) is 19.7 Å². The summed E-state index contributed by atoms with van der Waals surface area (Å²) in [6, 6.07) is 7.26. The van der Waals surface area contributed by atoms with Crippen LogP contribution in [-0.4, -0.2) is 22.4 Å². The summed E-state index contributed by atoms with van der Waals surface area (Å²) < 4.78 is 4.92. The number of benzene rings is 1. The van der Waals surface area contributed by atoms with Crippen molar-refractivity contribution in [3.8, 4) is 0 Å². The van der Waals surface area contributed by atoms with Crippen LogP contribution in [0.25, 0.3) is 0 Å². The lowest BCUT2D eigenvalue weighted by Gasteiger charge is -2.08. The van der Waals surface area contributed by atoms with E-state index in [-0.39, 0.29) is 17.9 Å². The zero-order valence-corrected chi connectivity index (χ0v) is 13.6. The number of rotatable bonds is 6. The Morgan fingerprint density at radius 3 is 2.72 bits per heavy atom. The molecule has 0 spiro atoms. The average molecular weight is 344 g/mol. The van der Waals surface area contributed by atoms with Crippen molar-refractivity contribution in [2.75, 3.05) is 5.32 Å². The Balaban J connectivity index is 1.95. The van der Waals surface area contributed by atoms with Crippen LogP contribution in [0.3, 0.4) is 0 Å². The summed E-state index contributed by atoms with van der Waals surface area (Å²) in [4.78, 5) is 34.0. The number of nitrogens with one attached hydrogen (secondary N) is 2. The number of nitro groups is 1. The molecular formula is C16H16N4O5. The maximum atomic E-state index is 12.0. The first-order chi connectivity index (χ1) is 11.9. The van der Waals surface area contributed by atoms with Crippen molar-refractivity contribution < 1.29 is 18.9 Å². The van der Waals surface area contributed by atoms with E-state index in [1.165, 1.54) is 24.5 Å². The van der Waals surface area contributed by atoms with Gasteiger partial charge in [0.1, 0.15) is 0 Å². The van der Waals surface area contributed by atoms with Crippen molar-refractivity contribution in [3.05, 3.63) is 58.0 Å². The third-order valence-electron chi connectivity index (χ3n) is 3.22. The van der Waals surface area contributed by atoms with E-state index in [1.54, 1.807) is 26.0 Å². The summed E-state index contributed by atoms with van der Waals surface area (Å²) >= 11 is 0. The third kappa shape index (κ3) is 4.99. The number of hydrogen-bond donors (Lipinski definition) is 2. The molecule has 0 unspecified atom stereocenters. The molecule has 0 aliphatic carbocycles. The van der Waals surface area contributed by atoms with Crippen LogP contribution in [0.1, 0.15) is 29.5 Å². The summed E-state index contributed by atoms with van der Waals surface area (Å²) in [5.74, 6) is -0.829. The average Bonchev–Trinajstić information content (AvgIpc) is 3.09. The van der Waals surface area contributed by atoms with E-state index >= 15 is 0 Å². The molecule has 0 aliphatic heterocycles. The van der Waals surface area contributed by atoms with Crippen LogP contribution in [-0.2, 0) is 4.79 Å². The highest BCUT2D eigenvalue weighted by molar-refractivity contribution is 6.06. The predicted octanol–water partition coefficient (Wildman–Crippen LogP) is 2.63.